The van der Waals surface area contributed by atoms with Crippen molar-refractivity contribution in [1.82, 2.24) is 0 Å². The van der Waals surface area contributed by atoms with E-state index in [0.717, 1.165) is 11.3 Å². The van der Waals surface area contributed by atoms with Gasteiger partial charge in [-0.25, -0.2) is 8.42 Å². The van der Waals surface area contributed by atoms with Crippen molar-refractivity contribution in [3.05, 3.63) is 29.8 Å². The molecule has 90 valence electrons. The van der Waals surface area contributed by atoms with E-state index in [4.69, 9.17) is 4.74 Å². The average Bonchev–Trinajstić information content (AvgIpc) is 2.27. The van der Waals surface area contributed by atoms with E-state index in [2.05, 4.69) is 0 Å². The first kappa shape index (κ1) is 13.0. The van der Waals surface area contributed by atoms with Gasteiger partial charge in [0, 0.05) is 5.75 Å². The fraction of sp³-hybridized carbons (Fsp3) is 0.500. The number of ether oxygens (including phenoxy) is 1. The minimum absolute atomic E-state index is 0.204. The summed E-state index contributed by atoms with van der Waals surface area (Å²) in [6, 6.07) is 7.72. The summed E-state index contributed by atoms with van der Waals surface area (Å²) >= 11 is 0. The van der Waals surface area contributed by atoms with Crippen LogP contribution in [-0.2, 0) is 9.84 Å². The van der Waals surface area contributed by atoms with Crippen LogP contribution in [0.15, 0.2) is 24.3 Å². The summed E-state index contributed by atoms with van der Waals surface area (Å²) in [5.74, 6) is 1.24. The zero-order valence-electron chi connectivity index (χ0n) is 9.77. The molecule has 0 spiro atoms. The summed E-state index contributed by atoms with van der Waals surface area (Å²) in [6.45, 7) is 4.08. The van der Waals surface area contributed by atoms with Gasteiger partial charge in [-0.05, 0) is 25.0 Å². The largest absolute Gasteiger partial charge is 0.493 e. The van der Waals surface area contributed by atoms with E-state index in [1.807, 2.05) is 31.2 Å². The molecule has 16 heavy (non-hydrogen) atoms. The van der Waals surface area contributed by atoms with Crippen LogP contribution in [-0.4, -0.2) is 26.5 Å². The molecular weight excluding hydrogens is 224 g/mol. The van der Waals surface area contributed by atoms with Crippen LogP contribution in [0.1, 0.15) is 18.9 Å². The highest BCUT2D eigenvalue weighted by molar-refractivity contribution is 7.91. The monoisotopic (exact) mass is 242 g/mol. The Bertz CT molecular complexity index is 424. The number of sulfone groups is 1. The lowest BCUT2D eigenvalue weighted by Crippen LogP contribution is -2.12. The number of para-hydroxylation sites is 1. The van der Waals surface area contributed by atoms with Gasteiger partial charge in [0.2, 0.25) is 0 Å². The summed E-state index contributed by atoms with van der Waals surface area (Å²) in [6.07, 6.45) is 0.546. The molecule has 0 aliphatic carbocycles. The molecule has 1 aromatic carbocycles. The van der Waals surface area contributed by atoms with Crippen LogP contribution in [0.25, 0.3) is 0 Å². The van der Waals surface area contributed by atoms with Crippen LogP contribution in [0.4, 0.5) is 0 Å². The standard InChI is InChI=1S/C12H18O3S/c1-3-16(13,14)10-6-9-15-12-8-5-4-7-11(12)2/h4-5,7-8H,3,6,9-10H2,1-2H3. The van der Waals surface area contributed by atoms with Crippen LogP contribution in [0.2, 0.25) is 0 Å². The van der Waals surface area contributed by atoms with E-state index in [-0.39, 0.29) is 11.5 Å². The fourth-order valence-corrected chi connectivity index (χ4v) is 2.17. The van der Waals surface area contributed by atoms with Crippen LogP contribution >= 0.6 is 0 Å². The average molecular weight is 242 g/mol. The van der Waals surface area contributed by atoms with Crippen LogP contribution < -0.4 is 4.74 Å². The first-order chi connectivity index (χ1) is 7.55. The molecule has 0 saturated carbocycles. The van der Waals surface area contributed by atoms with Gasteiger partial charge in [0.05, 0.1) is 12.4 Å². The third-order valence-corrected chi connectivity index (χ3v) is 4.18. The molecule has 0 N–H and O–H groups in total. The van der Waals surface area contributed by atoms with Gasteiger partial charge >= 0.3 is 0 Å². The number of benzene rings is 1. The molecule has 0 heterocycles. The first-order valence-electron chi connectivity index (χ1n) is 5.44. The molecule has 1 aromatic rings. The number of hydrogen-bond acceptors (Lipinski definition) is 3. The second-order valence-corrected chi connectivity index (χ2v) is 6.18. The molecule has 0 saturated heterocycles. The van der Waals surface area contributed by atoms with Gasteiger partial charge in [0.25, 0.3) is 0 Å². The molecule has 4 heteroatoms. The summed E-state index contributed by atoms with van der Waals surface area (Å²) in [5, 5.41) is 0. The van der Waals surface area contributed by atoms with Gasteiger partial charge in [-0.2, -0.15) is 0 Å². The van der Waals surface area contributed by atoms with Gasteiger partial charge in [-0.15, -0.1) is 0 Å². The molecule has 3 nitrogen and oxygen atoms in total. The summed E-state index contributed by atoms with van der Waals surface area (Å²) in [5.41, 5.74) is 1.07. The highest BCUT2D eigenvalue weighted by atomic mass is 32.2. The van der Waals surface area contributed by atoms with Crippen molar-refractivity contribution in [2.24, 2.45) is 0 Å². The van der Waals surface area contributed by atoms with E-state index in [0.29, 0.717) is 13.0 Å². The molecule has 0 aliphatic heterocycles. The maximum Gasteiger partial charge on any atom is 0.150 e. The Morgan fingerprint density at radius 2 is 1.94 bits per heavy atom. The summed E-state index contributed by atoms with van der Waals surface area (Å²) in [4.78, 5) is 0. The van der Waals surface area contributed by atoms with Gasteiger partial charge in [0.1, 0.15) is 15.6 Å². The number of hydrogen-bond donors (Lipinski definition) is 0. The predicted molar refractivity (Wildman–Crippen MR) is 65.6 cm³/mol. The highest BCUT2D eigenvalue weighted by Gasteiger charge is 2.06. The van der Waals surface area contributed by atoms with Crippen molar-refractivity contribution in [3.8, 4) is 5.75 Å². The Morgan fingerprint density at radius 1 is 1.25 bits per heavy atom. The number of rotatable bonds is 6. The van der Waals surface area contributed by atoms with Crippen molar-refractivity contribution in [2.75, 3.05) is 18.1 Å². The van der Waals surface area contributed by atoms with Crippen molar-refractivity contribution in [1.29, 1.82) is 0 Å². The molecule has 0 aliphatic rings. The Hall–Kier alpha value is -1.03. The van der Waals surface area contributed by atoms with Crippen molar-refractivity contribution < 1.29 is 13.2 Å². The topological polar surface area (TPSA) is 43.4 Å². The minimum atomic E-state index is -2.86. The van der Waals surface area contributed by atoms with E-state index >= 15 is 0 Å². The van der Waals surface area contributed by atoms with E-state index in [9.17, 15) is 8.42 Å². The summed E-state index contributed by atoms with van der Waals surface area (Å²) in [7, 11) is -2.86. The maximum absolute atomic E-state index is 11.2. The highest BCUT2D eigenvalue weighted by Crippen LogP contribution is 2.16. The molecule has 0 fully saturated rings. The van der Waals surface area contributed by atoms with Gasteiger partial charge in [-0.3, -0.25) is 0 Å². The molecule has 0 aromatic heterocycles. The molecule has 0 radical (unpaired) electrons. The maximum atomic E-state index is 11.2. The smallest absolute Gasteiger partial charge is 0.150 e. The predicted octanol–water partition coefficient (Wildman–Crippen LogP) is 2.20. The quantitative estimate of drug-likeness (QED) is 0.718. The van der Waals surface area contributed by atoms with E-state index in [1.54, 1.807) is 6.92 Å². The van der Waals surface area contributed by atoms with Crippen LogP contribution in [0.5, 0.6) is 5.75 Å². The van der Waals surface area contributed by atoms with E-state index in [1.165, 1.54) is 0 Å². The lowest BCUT2D eigenvalue weighted by molar-refractivity contribution is 0.315. The molecule has 0 unspecified atom stereocenters. The van der Waals surface area contributed by atoms with E-state index < -0.39 is 9.84 Å². The Balaban J connectivity index is 2.35. The van der Waals surface area contributed by atoms with Gasteiger partial charge in [0.15, 0.2) is 0 Å². The lowest BCUT2D eigenvalue weighted by Gasteiger charge is -2.08. The van der Waals surface area contributed by atoms with Crippen LogP contribution in [0, 0.1) is 6.92 Å². The molecule has 0 bridgehead atoms. The zero-order valence-corrected chi connectivity index (χ0v) is 10.6. The number of aryl methyl sites for hydroxylation is 1. The molecular formula is C12H18O3S. The SMILES string of the molecule is CCS(=O)(=O)CCCOc1ccccc1C. The molecule has 1 rings (SSSR count). The van der Waals surface area contributed by atoms with Crippen molar-refractivity contribution in [2.45, 2.75) is 20.3 Å². The molecule has 0 atom stereocenters. The van der Waals surface area contributed by atoms with Gasteiger partial charge < -0.3 is 4.74 Å². The second kappa shape index (κ2) is 5.89. The molecule has 0 amide bonds. The third-order valence-electron chi connectivity index (χ3n) is 2.39. The third kappa shape index (κ3) is 4.23. The Morgan fingerprint density at radius 3 is 2.56 bits per heavy atom. The Kier molecular flexibility index (Phi) is 4.80. The normalized spacial score (nSPS) is 11.4. The fourth-order valence-electron chi connectivity index (χ4n) is 1.32. The second-order valence-electron chi connectivity index (χ2n) is 3.70. The van der Waals surface area contributed by atoms with Crippen molar-refractivity contribution >= 4 is 9.84 Å². The minimum Gasteiger partial charge on any atom is -0.493 e. The van der Waals surface area contributed by atoms with Gasteiger partial charge in [-0.1, -0.05) is 25.1 Å². The zero-order chi connectivity index (χ0) is 12.0. The first-order valence-corrected chi connectivity index (χ1v) is 7.26. The lowest BCUT2D eigenvalue weighted by atomic mass is 10.2. The summed E-state index contributed by atoms with van der Waals surface area (Å²) < 4.78 is 28.0. The van der Waals surface area contributed by atoms with Crippen molar-refractivity contribution in [3.63, 3.8) is 0 Å². The Labute approximate surface area is 97.4 Å². The van der Waals surface area contributed by atoms with Crippen LogP contribution in [0.3, 0.4) is 0 Å².